The molecule has 13 nitrogen and oxygen atoms in total. The number of ketones is 1. The molecule has 9 rings (SSSR count). The molecule has 1 aliphatic heterocycles. The number of aryl methyl sites for hydroxylation is 1. The van der Waals surface area contributed by atoms with E-state index in [1.165, 1.54) is 0 Å². The average Bonchev–Trinajstić information content (AvgIpc) is 1.95. The Labute approximate surface area is 500 Å². The number of allylic oxidation sites excluding steroid dienone is 6. The van der Waals surface area contributed by atoms with E-state index in [-0.39, 0.29) is 22.3 Å². The van der Waals surface area contributed by atoms with Gasteiger partial charge in [0.25, 0.3) is 0 Å². The van der Waals surface area contributed by atoms with Crippen LogP contribution in [0.2, 0.25) is 0 Å². The summed E-state index contributed by atoms with van der Waals surface area (Å²) < 4.78 is 16.7. The Morgan fingerprint density at radius 1 is 0.647 bits per heavy atom. The summed E-state index contributed by atoms with van der Waals surface area (Å²) in [7, 11) is -0.0784. The predicted octanol–water partition coefficient (Wildman–Crippen LogP) is 8.04. The second-order valence-electron chi connectivity index (χ2n) is 23.0. The summed E-state index contributed by atoms with van der Waals surface area (Å²) in [5.41, 5.74) is 12.8. The predicted molar refractivity (Wildman–Crippen MR) is 347 cm³/mol. The van der Waals surface area contributed by atoms with Gasteiger partial charge in [0.05, 0.1) is 7.37 Å². The number of carbonyl (C=O) groups is 2. The zero-order chi connectivity index (χ0) is 60.9. The molecule has 0 bridgehead atoms. The molecule has 7 aromatic carbocycles. The SMILES string of the molecule is C=C(C)C(=O)CCCCN(Cc1ccccc1B(O)O)Cc1c2ccccc2c(CN(CCCNC(=O)C(=C)C)Cc2ccccc2B(O)O)c2ccc(-c3ccc(C)c(C4=C5C=CC(=[N+](C)C)C=C5P(=O)([O-])c5cc(N(C)C)ccc54)c3)cc12. The molecule has 0 saturated heterocycles. The van der Waals surface area contributed by atoms with E-state index in [4.69, 9.17) is 0 Å². The van der Waals surface area contributed by atoms with Crippen LogP contribution in [0.25, 0.3) is 38.2 Å². The number of hydrogen-bond acceptors (Lipinski definition) is 11. The fourth-order valence-electron chi connectivity index (χ4n) is 11.7. The van der Waals surface area contributed by atoms with Crippen molar-refractivity contribution in [1.82, 2.24) is 15.1 Å². The van der Waals surface area contributed by atoms with Crippen LogP contribution in [0.5, 0.6) is 0 Å². The molecular weight excluding hydrogens is 1080 g/mol. The Kier molecular flexibility index (Phi) is 19.5. The Morgan fingerprint density at radius 3 is 1.80 bits per heavy atom. The molecule has 0 saturated carbocycles. The smallest absolute Gasteiger partial charge is 0.488 e. The molecule has 16 heteroatoms. The number of benzene rings is 7. The van der Waals surface area contributed by atoms with Gasteiger partial charge in [-0.1, -0.05) is 116 Å². The van der Waals surface area contributed by atoms with Gasteiger partial charge in [0.15, 0.2) is 11.5 Å². The molecule has 0 fully saturated rings. The van der Waals surface area contributed by atoms with Gasteiger partial charge < -0.3 is 39.8 Å². The summed E-state index contributed by atoms with van der Waals surface area (Å²) in [6.07, 6.45) is 8.00. The third-order valence-corrected chi connectivity index (χ3v) is 18.4. The highest BCUT2D eigenvalue weighted by atomic mass is 31.2. The summed E-state index contributed by atoms with van der Waals surface area (Å²) in [4.78, 5) is 46.8. The summed E-state index contributed by atoms with van der Waals surface area (Å²) in [6.45, 7) is 16.4. The van der Waals surface area contributed by atoms with Crippen LogP contribution in [-0.2, 0) is 40.3 Å². The maximum absolute atomic E-state index is 14.8. The van der Waals surface area contributed by atoms with Gasteiger partial charge in [-0.25, -0.2) is 4.58 Å². The van der Waals surface area contributed by atoms with Crippen molar-refractivity contribution in [2.75, 3.05) is 52.7 Å². The molecule has 1 heterocycles. The fraction of sp³-hybridized carbons (Fsp3) is 0.261. The van der Waals surface area contributed by atoms with Gasteiger partial charge in [0, 0.05) is 93.8 Å². The van der Waals surface area contributed by atoms with E-state index in [1.807, 2.05) is 98.3 Å². The number of carbonyl (C=O) groups excluding carboxylic acids is 2. The van der Waals surface area contributed by atoms with E-state index in [2.05, 4.69) is 83.7 Å². The molecule has 85 heavy (non-hydrogen) atoms. The third kappa shape index (κ3) is 13.8. The molecular formula is C69H76B2N5O8P. The highest BCUT2D eigenvalue weighted by molar-refractivity contribution is 7.69. The van der Waals surface area contributed by atoms with Crippen molar-refractivity contribution in [3.8, 4) is 11.1 Å². The Morgan fingerprint density at radius 2 is 1.21 bits per heavy atom. The molecule has 1 unspecified atom stereocenters. The van der Waals surface area contributed by atoms with Crippen LogP contribution in [0.1, 0.15) is 78.5 Å². The van der Waals surface area contributed by atoms with Crippen molar-refractivity contribution < 1.29 is 43.7 Å². The van der Waals surface area contributed by atoms with Crippen LogP contribution in [0.4, 0.5) is 5.69 Å². The van der Waals surface area contributed by atoms with Crippen LogP contribution in [0.15, 0.2) is 181 Å². The van der Waals surface area contributed by atoms with E-state index in [0.717, 1.165) is 83.0 Å². The van der Waals surface area contributed by atoms with Gasteiger partial charge in [-0.2, -0.15) is 0 Å². The van der Waals surface area contributed by atoms with Crippen LogP contribution >= 0.6 is 7.37 Å². The molecule has 0 aromatic heterocycles. The Balaban J connectivity index is 1.24. The monoisotopic (exact) mass is 1160 g/mol. The maximum Gasteiger partial charge on any atom is 0.488 e. The standard InChI is InChI=1S/C69H76B2N5O8P/c1-45(2)65(77)25-16-17-35-75(41-50-19-10-14-23-63(50)70(79)80)44-62-55-22-13-12-21-54(55)61(43-76(36-18-34-72-69(78)46(3)4)42-51-20-11-15-24-64(51)71(81)82)56-31-28-49(38-60(56)62)48-27-26-47(5)59(37-48)68-57-32-29-52(73(6)7)39-66(57)85(83,84)67-40-53(74(8)9)30-33-58(67)68/h10-15,19-24,26-33,37-40,79-82H,1,3,16-18,25,34-36,41-44H2,2,4-9H3,(H-,72,78,83,84). The van der Waals surface area contributed by atoms with Crippen molar-refractivity contribution in [1.29, 1.82) is 0 Å². The zero-order valence-electron chi connectivity index (χ0n) is 49.9. The molecule has 1 amide bonds. The van der Waals surface area contributed by atoms with Gasteiger partial charge in [-0.3, -0.25) is 19.4 Å². The highest BCUT2D eigenvalue weighted by Crippen LogP contribution is 2.57. The quantitative estimate of drug-likeness (QED) is 0.00988. The van der Waals surface area contributed by atoms with Gasteiger partial charge >= 0.3 is 14.2 Å². The van der Waals surface area contributed by atoms with E-state index in [0.29, 0.717) is 105 Å². The highest BCUT2D eigenvalue weighted by Gasteiger charge is 2.36. The topological polar surface area (TPSA) is 180 Å². The molecule has 0 radical (unpaired) electrons. The first-order chi connectivity index (χ1) is 40.6. The Bertz CT molecular complexity index is 3950. The molecule has 0 spiro atoms. The Hall–Kier alpha value is -7.55. The normalized spacial score (nSPS) is 14.6. The molecule has 1 atom stereocenters. The number of Topliss-reactive ketones (excluding diaryl/α,β-unsaturated/α-hetero) is 1. The first kappa shape index (κ1) is 62.0. The maximum atomic E-state index is 14.8. The second-order valence-corrected chi connectivity index (χ2v) is 25.1. The third-order valence-electron chi connectivity index (χ3n) is 16.4. The van der Waals surface area contributed by atoms with Crippen molar-refractivity contribution in [2.45, 2.75) is 72.6 Å². The minimum Gasteiger partial charge on any atom is -0.793 e. The van der Waals surface area contributed by atoms with Crippen LogP contribution in [0, 0.1) is 6.92 Å². The lowest BCUT2D eigenvalue weighted by molar-refractivity contribution is -0.462. The fourth-order valence-corrected chi connectivity index (χ4v) is 13.6. The molecule has 5 N–H and O–H groups in total. The number of nitrogens with zero attached hydrogens (tertiary/aromatic N) is 4. The van der Waals surface area contributed by atoms with Crippen LogP contribution in [-0.4, -0.2) is 114 Å². The number of rotatable bonds is 24. The number of unbranched alkanes of at least 4 members (excludes halogenated alkanes) is 1. The lowest BCUT2D eigenvalue weighted by atomic mass is 9.77. The number of hydrogen-bond donors (Lipinski definition) is 5. The number of anilines is 1. The van der Waals surface area contributed by atoms with E-state index >= 15 is 0 Å². The van der Waals surface area contributed by atoms with Crippen LogP contribution in [0.3, 0.4) is 0 Å². The first-order valence-electron chi connectivity index (χ1n) is 29.0. The lowest BCUT2D eigenvalue weighted by Crippen LogP contribution is -2.36. The van der Waals surface area contributed by atoms with E-state index in [1.54, 1.807) is 50.3 Å². The second kappa shape index (κ2) is 26.8. The average molecular weight is 1160 g/mol. The minimum atomic E-state index is -4.33. The lowest BCUT2D eigenvalue weighted by Gasteiger charge is -2.37. The van der Waals surface area contributed by atoms with E-state index < -0.39 is 21.6 Å². The van der Waals surface area contributed by atoms with Gasteiger partial charge in [-0.05, 0) is 176 Å². The largest absolute Gasteiger partial charge is 0.793 e. The van der Waals surface area contributed by atoms with Gasteiger partial charge in [0.1, 0.15) is 14.1 Å². The number of nitrogens with one attached hydrogen (secondary N) is 1. The summed E-state index contributed by atoms with van der Waals surface area (Å²) in [6, 6.07) is 41.7. The molecule has 7 aromatic rings. The minimum absolute atomic E-state index is 0.0268. The molecule has 1 aliphatic carbocycles. The van der Waals surface area contributed by atoms with Crippen molar-refractivity contribution in [3.05, 3.63) is 220 Å². The van der Waals surface area contributed by atoms with Gasteiger partial charge in [-0.15, -0.1) is 0 Å². The summed E-state index contributed by atoms with van der Waals surface area (Å²) in [5, 5.41) is 49.9. The molecule has 436 valence electrons. The number of amides is 1. The zero-order valence-corrected chi connectivity index (χ0v) is 50.8. The van der Waals surface area contributed by atoms with Gasteiger partial charge in [0.2, 0.25) is 5.91 Å². The summed E-state index contributed by atoms with van der Waals surface area (Å²) in [5.74, 6) is -0.189. The van der Waals surface area contributed by atoms with Crippen LogP contribution < -0.4 is 31.3 Å². The first-order valence-corrected chi connectivity index (χ1v) is 30.6. The van der Waals surface area contributed by atoms with Crippen molar-refractivity contribution in [2.24, 2.45) is 0 Å². The van der Waals surface area contributed by atoms with Crippen molar-refractivity contribution in [3.63, 3.8) is 0 Å². The molecule has 2 aliphatic rings. The summed E-state index contributed by atoms with van der Waals surface area (Å²) >= 11 is 0. The van der Waals surface area contributed by atoms with Crippen molar-refractivity contribution >= 4 is 88.0 Å². The van der Waals surface area contributed by atoms with E-state index in [9.17, 15) is 39.1 Å². The number of fused-ring (bicyclic) bond motifs is 4.